The van der Waals surface area contributed by atoms with Gasteiger partial charge < -0.3 is 85.4 Å². The minimum absolute atomic E-state index is 0.0300. The maximum Gasteiger partial charge on any atom is 0.326 e. The van der Waals surface area contributed by atoms with Crippen LogP contribution in [0, 0.1) is 5.92 Å². The van der Waals surface area contributed by atoms with Crippen LogP contribution >= 0.6 is 0 Å². The number of Topliss-reactive ketones (excluding diaryl/α,β-unsaturated/α-hetero) is 2. The van der Waals surface area contributed by atoms with Gasteiger partial charge in [0.15, 0.2) is 5.78 Å². The number of ketones is 2. The third-order valence-corrected chi connectivity index (χ3v) is 13.6. The molecule has 0 saturated heterocycles. The average Bonchev–Trinajstić information content (AvgIpc) is 4.02. The summed E-state index contributed by atoms with van der Waals surface area (Å²) in [5.74, 6) is -3.32. The summed E-state index contributed by atoms with van der Waals surface area (Å²) < 4.78 is 43.1. The first-order chi connectivity index (χ1) is 42.7. The number of nitrogens with zero attached hydrogens (tertiary/aromatic N) is 1. The van der Waals surface area contributed by atoms with E-state index in [1.807, 2.05) is 6.92 Å². The first kappa shape index (κ1) is 80.5. The molecule has 1 rings (SSSR count). The molecule has 0 aromatic carbocycles. The van der Waals surface area contributed by atoms with Crippen molar-refractivity contribution in [3.05, 3.63) is 18.2 Å². The van der Waals surface area contributed by atoms with E-state index in [1.54, 1.807) is 12.5 Å². The number of carboxylic acid groups (broad SMARTS) is 2. The van der Waals surface area contributed by atoms with E-state index in [4.69, 9.17) is 48.7 Å². The van der Waals surface area contributed by atoms with Gasteiger partial charge in [-0.2, -0.15) is 0 Å². The van der Waals surface area contributed by atoms with Gasteiger partial charge in [0.1, 0.15) is 38.3 Å². The number of nitrogens with one attached hydrogen (secondary N) is 6. The van der Waals surface area contributed by atoms with Crippen molar-refractivity contribution in [2.75, 3.05) is 132 Å². The molecule has 0 bridgehead atoms. The van der Waals surface area contributed by atoms with Crippen LogP contribution in [0.3, 0.4) is 0 Å². The maximum atomic E-state index is 12.4. The highest BCUT2D eigenvalue weighted by atomic mass is 16.5. The molecule has 0 saturated carbocycles. The average molecular weight is 1260 g/mol. The van der Waals surface area contributed by atoms with Gasteiger partial charge in [-0.25, -0.2) is 9.78 Å². The molecular formula is C61H108N8O19. The number of carbonyl (C=O) groups is 9. The number of carboxylic acids is 2. The largest absolute Gasteiger partial charge is 0.481 e. The van der Waals surface area contributed by atoms with E-state index in [0.29, 0.717) is 38.8 Å². The summed E-state index contributed by atoms with van der Waals surface area (Å²) in [4.78, 5) is 114. The van der Waals surface area contributed by atoms with Crippen LogP contribution in [0.2, 0.25) is 0 Å². The van der Waals surface area contributed by atoms with Gasteiger partial charge >= 0.3 is 11.9 Å². The number of ether oxygens (including phenoxy) is 8. The van der Waals surface area contributed by atoms with Crippen molar-refractivity contribution in [2.45, 2.75) is 180 Å². The van der Waals surface area contributed by atoms with Crippen LogP contribution < -0.4 is 32.3 Å². The zero-order chi connectivity index (χ0) is 64.3. The molecule has 1 heterocycles. The lowest BCUT2D eigenvalue weighted by Crippen LogP contribution is -2.41. The lowest BCUT2D eigenvalue weighted by Gasteiger charge is -2.14. The molecule has 0 aliphatic carbocycles. The van der Waals surface area contributed by atoms with Crippen LogP contribution in [0.5, 0.6) is 0 Å². The number of hydrogen-bond donors (Lipinski definition) is 9. The van der Waals surface area contributed by atoms with Crippen molar-refractivity contribution in [3.63, 3.8) is 0 Å². The highest BCUT2D eigenvalue weighted by molar-refractivity contribution is 5.85. The number of nitrogens with two attached hydrogens (primary N) is 1. The van der Waals surface area contributed by atoms with Gasteiger partial charge in [0, 0.05) is 83.2 Å². The van der Waals surface area contributed by atoms with Crippen molar-refractivity contribution in [3.8, 4) is 0 Å². The van der Waals surface area contributed by atoms with Gasteiger partial charge in [0.2, 0.25) is 29.5 Å². The Kier molecular flexibility index (Phi) is 53.0. The zero-order valence-corrected chi connectivity index (χ0v) is 52.6. The Morgan fingerprint density at radius 2 is 0.909 bits per heavy atom. The van der Waals surface area contributed by atoms with Crippen molar-refractivity contribution >= 4 is 53.0 Å². The van der Waals surface area contributed by atoms with E-state index >= 15 is 0 Å². The van der Waals surface area contributed by atoms with Gasteiger partial charge in [0.25, 0.3) is 0 Å². The minimum Gasteiger partial charge on any atom is -0.481 e. The topological polar surface area (TPSA) is 383 Å². The number of carbonyl (C=O) groups excluding carboxylic acids is 7. The van der Waals surface area contributed by atoms with E-state index in [-0.39, 0.29) is 198 Å². The number of hydrogen-bond acceptors (Lipinski definition) is 19. The number of H-pyrrole nitrogens is 1. The molecule has 5 amide bonds. The lowest BCUT2D eigenvalue weighted by molar-refractivity contribution is -0.142. The predicted molar refractivity (Wildman–Crippen MR) is 326 cm³/mol. The predicted octanol–water partition coefficient (Wildman–Crippen LogP) is 3.67. The first-order valence-electron chi connectivity index (χ1n) is 31.9. The van der Waals surface area contributed by atoms with Crippen LogP contribution in [-0.4, -0.2) is 217 Å². The van der Waals surface area contributed by atoms with Gasteiger partial charge in [-0.1, -0.05) is 96.8 Å². The summed E-state index contributed by atoms with van der Waals surface area (Å²) in [7, 11) is 0. The second-order valence-corrected chi connectivity index (χ2v) is 21.7. The lowest BCUT2D eigenvalue weighted by atomic mass is 9.94. The number of unbranched alkanes of at least 4 members (excludes halogenated alkanes) is 14. The van der Waals surface area contributed by atoms with Gasteiger partial charge in [-0.05, 0) is 38.0 Å². The van der Waals surface area contributed by atoms with Crippen molar-refractivity contribution in [1.29, 1.82) is 0 Å². The highest BCUT2D eigenvalue weighted by Gasteiger charge is 2.21. The van der Waals surface area contributed by atoms with Crippen LogP contribution in [0.4, 0.5) is 0 Å². The molecule has 0 spiro atoms. The molecule has 27 nitrogen and oxygen atoms in total. The fraction of sp³-hybridized carbons (Fsp3) is 0.803. The summed E-state index contributed by atoms with van der Waals surface area (Å²) in [6, 6.07) is -1.71. The fourth-order valence-electron chi connectivity index (χ4n) is 8.71. The maximum absolute atomic E-state index is 12.4. The molecular weight excluding hydrogens is 1150 g/mol. The zero-order valence-electron chi connectivity index (χ0n) is 52.6. The SMILES string of the molecule is C[C@H](CCCCNC(=O)COCCOCCNC(=O)COCCOCCCC(=O)COCCOCCNC(=O)COCCOCCNC(=O)CC[C@H](NC(=O)CCCCCCCCCCCCCCCCC(=O)O)C(=O)O)CC(=O)[C@@H](N)Cc1cnc[nH]1. The van der Waals surface area contributed by atoms with Gasteiger partial charge in [-0.15, -0.1) is 0 Å². The fourth-order valence-corrected chi connectivity index (χ4v) is 8.71. The van der Waals surface area contributed by atoms with E-state index in [2.05, 4.69) is 36.6 Å². The number of aliphatic carboxylic acids is 2. The normalized spacial score (nSPS) is 12.2. The van der Waals surface area contributed by atoms with Gasteiger partial charge in [0.05, 0.1) is 85.0 Å². The molecule has 27 heteroatoms. The Hall–Kier alpha value is -5.52. The van der Waals surface area contributed by atoms with Gasteiger partial charge in [-0.3, -0.25) is 38.4 Å². The monoisotopic (exact) mass is 1260 g/mol. The van der Waals surface area contributed by atoms with E-state index in [1.165, 1.54) is 38.5 Å². The van der Waals surface area contributed by atoms with Crippen LogP contribution in [0.25, 0.3) is 0 Å². The Balaban J connectivity index is 1.84. The summed E-state index contributed by atoms with van der Waals surface area (Å²) in [5.41, 5.74) is 6.87. The molecule has 0 radical (unpaired) electrons. The summed E-state index contributed by atoms with van der Waals surface area (Å²) in [6.45, 7) is 5.58. The molecule has 506 valence electrons. The standard InChI is InChI=1S/C61H108N8O19/c1-49(41-54(71)52(62)42-50-43-63-48-68-50)19-16-17-25-64-57(74)45-87-39-36-84-32-28-67-58(75)46-86-38-33-81-29-18-20-51(70)44-85-37-34-83-31-27-66-59(76)47-88-40-35-82-30-26-65-55(72)24-23-53(61(79)80)69-56(73)21-14-12-10-8-6-4-2-3-5-7-9-11-13-15-22-60(77)78/h43,48-49,52-53H,2-42,44-47,62H2,1H3,(H,63,68)(H,64,74)(H,65,72)(H,66,76)(H,67,75)(H,69,73)(H,77,78)(H,79,80)/t49-,52+,53+/m1/s1. The van der Waals surface area contributed by atoms with Crippen molar-refractivity contribution < 1.29 is 91.3 Å². The third-order valence-electron chi connectivity index (χ3n) is 13.6. The summed E-state index contributed by atoms with van der Waals surface area (Å²) in [5, 5.41) is 31.6. The Morgan fingerprint density at radius 1 is 0.466 bits per heavy atom. The molecule has 1 aromatic heterocycles. The number of aromatic nitrogens is 2. The number of imidazole rings is 1. The van der Waals surface area contributed by atoms with Crippen molar-refractivity contribution in [1.82, 2.24) is 36.6 Å². The van der Waals surface area contributed by atoms with Crippen LogP contribution in [-0.2, 0) is 87.5 Å². The Labute approximate surface area is 520 Å². The molecule has 88 heavy (non-hydrogen) atoms. The van der Waals surface area contributed by atoms with Crippen molar-refractivity contribution in [2.24, 2.45) is 11.7 Å². The summed E-state index contributed by atoms with van der Waals surface area (Å²) in [6.07, 6.45) is 22.7. The quantitative estimate of drug-likeness (QED) is 0.0420. The van der Waals surface area contributed by atoms with Crippen LogP contribution in [0.15, 0.2) is 12.5 Å². The van der Waals surface area contributed by atoms with E-state index < -0.39 is 24.0 Å². The number of rotatable bonds is 65. The third kappa shape index (κ3) is 53.5. The molecule has 3 atom stereocenters. The highest BCUT2D eigenvalue weighted by Crippen LogP contribution is 2.16. The molecule has 0 unspecified atom stereocenters. The minimum atomic E-state index is -1.19. The first-order valence-corrected chi connectivity index (χ1v) is 31.9. The Morgan fingerprint density at radius 3 is 1.39 bits per heavy atom. The number of aromatic amines is 1. The second-order valence-electron chi connectivity index (χ2n) is 21.7. The number of amides is 5. The second kappa shape index (κ2) is 57.9. The van der Waals surface area contributed by atoms with E-state index in [9.17, 15) is 48.3 Å². The molecule has 1 aromatic rings. The molecule has 10 N–H and O–H groups in total. The van der Waals surface area contributed by atoms with E-state index in [0.717, 1.165) is 69.9 Å². The molecule has 0 aliphatic heterocycles. The van der Waals surface area contributed by atoms with Crippen LogP contribution in [0.1, 0.15) is 167 Å². The smallest absolute Gasteiger partial charge is 0.326 e. The molecule has 0 fully saturated rings. The Bertz CT molecular complexity index is 1990. The molecule has 0 aliphatic rings. The summed E-state index contributed by atoms with van der Waals surface area (Å²) >= 11 is 0.